The summed E-state index contributed by atoms with van der Waals surface area (Å²) in [5.41, 5.74) is -0.647. The number of benzene rings is 2. The predicted octanol–water partition coefficient (Wildman–Crippen LogP) is 1.93. The Bertz CT molecular complexity index is 1790. The van der Waals surface area contributed by atoms with Crippen LogP contribution in [0.3, 0.4) is 0 Å². The lowest BCUT2D eigenvalue weighted by Gasteiger charge is -2.30. The van der Waals surface area contributed by atoms with Gasteiger partial charge in [-0.15, -0.1) is 0 Å². The Morgan fingerprint density at radius 3 is 1.89 bits per heavy atom. The Morgan fingerprint density at radius 1 is 0.770 bits per heavy atom. The molecule has 0 aromatic heterocycles. The van der Waals surface area contributed by atoms with Crippen molar-refractivity contribution in [1.82, 2.24) is 26.2 Å². The summed E-state index contributed by atoms with van der Waals surface area (Å²) in [6.45, 7) is 11.8. The number of hydrogen-bond acceptors (Lipinski definition) is 12. The average Bonchev–Trinajstić information content (AvgIpc) is 3.21. The molecule has 1 aliphatic rings. The Kier molecular flexibility index (Phi) is 21.5. The number of hydrogen-bond donors (Lipinski definition) is 5. The van der Waals surface area contributed by atoms with Crippen LogP contribution in [0.15, 0.2) is 60.7 Å². The number of amides is 4. The highest BCUT2D eigenvalue weighted by molar-refractivity contribution is 7.86. The molecule has 0 bridgehead atoms. The van der Waals surface area contributed by atoms with E-state index >= 15 is 0 Å². The van der Waals surface area contributed by atoms with E-state index in [2.05, 4.69) is 21.3 Å². The molecule has 5 N–H and O–H groups in total. The molecule has 0 radical (unpaired) electrons. The van der Waals surface area contributed by atoms with Gasteiger partial charge >= 0.3 is 0 Å². The molecule has 16 nitrogen and oxygen atoms in total. The number of carbonyl (C=O) groups excluding carboxylic acids is 5. The summed E-state index contributed by atoms with van der Waals surface area (Å²) in [4.78, 5) is 71.5. The van der Waals surface area contributed by atoms with Crippen molar-refractivity contribution >= 4 is 39.5 Å². The molecule has 0 aliphatic carbocycles. The molecule has 61 heavy (non-hydrogen) atoms. The van der Waals surface area contributed by atoms with Crippen LogP contribution in [0.1, 0.15) is 71.9 Å². The summed E-state index contributed by atoms with van der Waals surface area (Å²) >= 11 is 0. The third-order valence-corrected chi connectivity index (χ3v) is 11.2. The Hall–Kier alpha value is -4.26. The largest absolute Gasteiger partial charge is 0.381 e. The van der Waals surface area contributed by atoms with Crippen LogP contribution in [0.2, 0.25) is 0 Å². The van der Waals surface area contributed by atoms with Gasteiger partial charge in [-0.25, -0.2) is 0 Å². The van der Waals surface area contributed by atoms with E-state index in [9.17, 15) is 37.5 Å². The second-order valence-electron chi connectivity index (χ2n) is 16.5. The molecule has 1 saturated heterocycles. The van der Waals surface area contributed by atoms with Gasteiger partial charge < -0.3 is 35.8 Å². The monoisotopic (exact) mass is 873 g/mol. The van der Waals surface area contributed by atoms with Crippen LogP contribution in [0.5, 0.6) is 0 Å². The number of ether oxygens (including phenoxy) is 2. The van der Waals surface area contributed by atoms with Gasteiger partial charge in [0.25, 0.3) is 10.1 Å². The summed E-state index contributed by atoms with van der Waals surface area (Å²) in [6.07, 6.45) is 1.04. The van der Waals surface area contributed by atoms with E-state index in [4.69, 9.17) is 13.7 Å². The van der Waals surface area contributed by atoms with Gasteiger partial charge in [0, 0.05) is 26.1 Å². The third kappa shape index (κ3) is 19.1. The summed E-state index contributed by atoms with van der Waals surface area (Å²) in [6, 6.07) is 13.8. The second kappa shape index (κ2) is 25.6. The first-order chi connectivity index (χ1) is 28.9. The molecule has 340 valence electrons. The first-order valence-corrected chi connectivity index (χ1v) is 22.8. The molecule has 0 spiro atoms. The molecule has 17 heteroatoms. The molecule has 1 aliphatic heterocycles. The zero-order valence-corrected chi connectivity index (χ0v) is 37.3. The zero-order valence-electron chi connectivity index (χ0n) is 36.5. The van der Waals surface area contributed by atoms with Crippen LogP contribution in [0.25, 0.3) is 0 Å². The summed E-state index contributed by atoms with van der Waals surface area (Å²) in [5.74, 6) is -3.85. The predicted molar refractivity (Wildman–Crippen MR) is 231 cm³/mol. The number of morpholine rings is 1. The third-order valence-electron chi connectivity index (χ3n) is 10.0. The SMILES string of the molecule is CCOCCS(=O)(=O)OCC(C)(O)C(=O)[C@H](CC(C)C)NC(=O)[C@H](Cc1ccccc1)NC(=O)[C@H](CC(C)C)NC(=O)[C@H](CCc1ccccc1)NC(=O)CN1CCOCC1. The highest BCUT2D eigenvalue weighted by Gasteiger charge is 2.40. The quantitative estimate of drug-likeness (QED) is 0.0643. The summed E-state index contributed by atoms with van der Waals surface area (Å²) in [5, 5.41) is 22.5. The molecule has 1 fully saturated rings. The van der Waals surface area contributed by atoms with E-state index in [1.807, 2.05) is 62.9 Å². The average molecular weight is 874 g/mol. The summed E-state index contributed by atoms with van der Waals surface area (Å²) in [7, 11) is -4.14. The van der Waals surface area contributed by atoms with Crippen LogP contribution in [0.4, 0.5) is 0 Å². The number of Topliss-reactive ketones (excluding diaryl/α,β-unsaturated/α-hetero) is 1. The molecule has 4 amide bonds. The zero-order chi connectivity index (χ0) is 45.0. The van der Waals surface area contributed by atoms with E-state index in [0.717, 1.165) is 12.5 Å². The first-order valence-electron chi connectivity index (χ1n) is 21.2. The van der Waals surface area contributed by atoms with Crippen molar-refractivity contribution in [2.75, 3.05) is 58.4 Å². The van der Waals surface area contributed by atoms with Gasteiger partial charge in [0.15, 0.2) is 5.78 Å². The maximum Gasteiger partial charge on any atom is 0.269 e. The number of rotatable bonds is 27. The smallest absolute Gasteiger partial charge is 0.269 e. The van der Waals surface area contributed by atoms with Gasteiger partial charge in [-0.1, -0.05) is 88.4 Å². The molecule has 1 unspecified atom stereocenters. The lowest BCUT2D eigenvalue weighted by atomic mass is 9.90. The van der Waals surface area contributed by atoms with Crippen molar-refractivity contribution in [1.29, 1.82) is 0 Å². The first kappa shape index (κ1) is 51.1. The normalized spacial score (nSPS) is 16.5. The Labute approximate surface area is 361 Å². The fraction of sp³-hybridized carbons (Fsp3) is 0.614. The number of nitrogens with one attached hydrogen (secondary N) is 4. The number of carbonyl (C=O) groups is 5. The maximum absolute atomic E-state index is 14.2. The number of ketones is 1. The minimum atomic E-state index is -4.14. The molecular formula is C44H67N5O11S. The van der Waals surface area contributed by atoms with Crippen molar-refractivity contribution in [3.63, 3.8) is 0 Å². The van der Waals surface area contributed by atoms with Crippen molar-refractivity contribution in [2.24, 2.45) is 11.8 Å². The minimum absolute atomic E-state index is 0.0121. The number of aryl methyl sites for hydroxylation is 1. The van der Waals surface area contributed by atoms with Gasteiger partial charge in [0.1, 0.15) is 30.3 Å². The minimum Gasteiger partial charge on any atom is -0.381 e. The van der Waals surface area contributed by atoms with E-state index in [1.54, 1.807) is 37.3 Å². The van der Waals surface area contributed by atoms with Crippen LogP contribution in [-0.2, 0) is 60.6 Å². The molecule has 0 saturated carbocycles. The highest BCUT2D eigenvalue weighted by Crippen LogP contribution is 2.17. The van der Waals surface area contributed by atoms with Crippen LogP contribution in [0, 0.1) is 11.8 Å². The number of nitrogens with zero attached hydrogens (tertiary/aromatic N) is 1. The van der Waals surface area contributed by atoms with Gasteiger partial charge in [0.2, 0.25) is 23.6 Å². The highest BCUT2D eigenvalue weighted by atomic mass is 32.2. The van der Waals surface area contributed by atoms with E-state index in [0.29, 0.717) is 44.9 Å². The van der Waals surface area contributed by atoms with Crippen LogP contribution < -0.4 is 21.3 Å². The maximum atomic E-state index is 14.2. The fourth-order valence-electron chi connectivity index (χ4n) is 6.72. The van der Waals surface area contributed by atoms with Gasteiger partial charge in [0.05, 0.1) is 38.2 Å². The van der Waals surface area contributed by atoms with Crippen LogP contribution in [-0.4, -0.2) is 136 Å². The Morgan fingerprint density at radius 2 is 1.30 bits per heavy atom. The van der Waals surface area contributed by atoms with Crippen molar-refractivity contribution in [2.45, 2.75) is 103 Å². The molecule has 2 aromatic carbocycles. The van der Waals surface area contributed by atoms with Gasteiger partial charge in [-0.3, -0.25) is 33.1 Å². The van der Waals surface area contributed by atoms with Crippen LogP contribution >= 0.6 is 0 Å². The van der Waals surface area contributed by atoms with Crippen molar-refractivity contribution in [3.05, 3.63) is 71.8 Å². The molecule has 2 aromatic rings. The van der Waals surface area contributed by atoms with Gasteiger partial charge in [-0.2, -0.15) is 8.42 Å². The fourth-order valence-corrected chi connectivity index (χ4v) is 7.57. The van der Waals surface area contributed by atoms with Gasteiger partial charge in [-0.05, 0) is 62.5 Å². The lowest BCUT2D eigenvalue weighted by Crippen LogP contribution is -2.60. The topological polar surface area (TPSA) is 219 Å². The molecular weight excluding hydrogens is 807 g/mol. The van der Waals surface area contributed by atoms with E-state index < -0.39 is 75.8 Å². The molecule has 1 heterocycles. The van der Waals surface area contributed by atoms with Crippen molar-refractivity contribution in [3.8, 4) is 0 Å². The summed E-state index contributed by atoms with van der Waals surface area (Å²) < 4.78 is 40.3. The van der Waals surface area contributed by atoms with E-state index in [1.165, 1.54) is 0 Å². The molecule has 3 rings (SSSR count). The standard InChI is InChI=1S/C44H67N5O11S/c1-7-58-24-25-61(56,57)60-30-44(6,55)40(51)36(26-31(2)3)46-43(54)38(28-34-16-12-9-13-17-34)48-42(53)37(27-32(4)5)47-41(52)35(19-18-33-14-10-8-11-15-33)45-39(50)29-49-20-22-59-23-21-49/h8-17,31-32,35-38,55H,7,18-30H2,1-6H3,(H,45,50)(H,46,54)(H,47,52)(H,48,53)/t35-,36-,37-,38-,44?/m0/s1. The molecule has 5 atom stereocenters. The Balaban J connectivity index is 1.84. The second-order valence-corrected chi connectivity index (χ2v) is 18.3. The number of aliphatic hydroxyl groups is 1. The lowest BCUT2D eigenvalue weighted by molar-refractivity contribution is -0.143. The van der Waals surface area contributed by atoms with E-state index in [-0.39, 0.29) is 56.6 Å². The van der Waals surface area contributed by atoms with Crippen molar-refractivity contribution < 1.29 is 51.2 Å².